The number of benzene rings is 2. The zero-order valence-electron chi connectivity index (χ0n) is 22.8. The number of nitrogens with zero attached hydrogens (tertiary/aromatic N) is 5. The summed E-state index contributed by atoms with van der Waals surface area (Å²) in [6, 6.07) is 14.6. The Morgan fingerprint density at radius 3 is 2.29 bits per heavy atom. The summed E-state index contributed by atoms with van der Waals surface area (Å²) >= 11 is 0. The second-order valence-electron chi connectivity index (χ2n) is 11.0. The molecular formula is C29H36N6O3. The SMILES string of the molecule is COc1ccc(N2CCN(c3nc4c(c(Nc5cc(C(C)(C)C)ccc5C)n3)CN(C(=O)O)C4)CC2)cc1. The molecule has 1 fully saturated rings. The molecule has 5 rings (SSSR count). The molecule has 0 unspecified atom stereocenters. The largest absolute Gasteiger partial charge is 0.497 e. The maximum atomic E-state index is 11.8. The lowest BCUT2D eigenvalue weighted by Gasteiger charge is -2.36. The number of aromatic nitrogens is 2. The number of ether oxygens (including phenoxy) is 1. The molecule has 3 aromatic rings. The van der Waals surface area contributed by atoms with Crippen LogP contribution in [0.3, 0.4) is 0 Å². The van der Waals surface area contributed by atoms with Gasteiger partial charge in [0.25, 0.3) is 0 Å². The number of aryl methyl sites for hydroxylation is 1. The second-order valence-corrected chi connectivity index (χ2v) is 11.0. The number of hydrogen-bond acceptors (Lipinski definition) is 7. The molecular weight excluding hydrogens is 480 g/mol. The Bertz CT molecular complexity index is 1330. The maximum Gasteiger partial charge on any atom is 0.407 e. The highest BCUT2D eigenvalue weighted by molar-refractivity contribution is 5.70. The van der Waals surface area contributed by atoms with E-state index in [0.717, 1.165) is 60.1 Å². The van der Waals surface area contributed by atoms with Crippen molar-refractivity contribution in [1.82, 2.24) is 14.9 Å². The van der Waals surface area contributed by atoms with Crippen molar-refractivity contribution in [2.24, 2.45) is 0 Å². The zero-order valence-corrected chi connectivity index (χ0v) is 22.8. The van der Waals surface area contributed by atoms with E-state index in [1.165, 1.54) is 10.5 Å². The Kier molecular flexibility index (Phi) is 6.77. The number of nitrogens with one attached hydrogen (secondary N) is 1. The van der Waals surface area contributed by atoms with Crippen LogP contribution in [0.25, 0.3) is 0 Å². The summed E-state index contributed by atoms with van der Waals surface area (Å²) in [6.07, 6.45) is -0.950. The number of carbonyl (C=O) groups is 1. The maximum absolute atomic E-state index is 11.8. The van der Waals surface area contributed by atoms with Crippen molar-refractivity contribution < 1.29 is 14.6 Å². The van der Waals surface area contributed by atoms with Crippen molar-refractivity contribution in [3.63, 3.8) is 0 Å². The zero-order chi connectivity index (χ0) is 27.0. The molecule has 0 atom stereocenters. The first-order valence-corrected chi connectivity index (χ1v) is 13.0. The molecule has 0 bridgehead atoms. The summed E-state index contributed by atoms with van der Waals surface area (Å²) < 4.78 is 5.28. The van der Waals surface area contributed by atoms with Crippen molar-refractivity contribution >= 4 is 29.2 Å². The number of anilines is 4. The van der Waals surface area contributed by atoms with Gasteiger partial charge in [-0.05, 0) is 53.8 Å². The number of fused-ring (bicyclic) bond motifs is 1. The smallest absolute Gasteiger partial charge is 0.407 e. The van der Waals surface area contributed by atoms with Crippen LogP contribution >= 0.6 is 0 Å². The lowest BCUT2D eigenvalue weighted by Crippen LogP contribution is -2.47. The van der Waals surface area contributed by atoms with Gasteiger partial charge in [0.2, 0.25) is 5.95 Å². The molecule has 2 N–H and O–H groups in total. The van der Waals surface area contributed by atoms with Gasteiger partial charge in [0.05, 0.1) is 25.9 Å². The topological polar surface area (TPSA) is 94.1 Å². The minimum atomic E-state index is -0.950. The Hall–Kier alpha value is -4.01. The monoisotopic (exact) mass is 516 g/mol. The molecule has 0 saturated carbocycles. The van der Waals surface area contributed by atoms with E-state index in [1.54, 1.807) is 7.11 Å². The molecule has 1 saturated heterocycles. The highest BCUT2D eigenvalue weighted by Gasteiger charge is 2.30. The fourth-order valence-electron chi connectivity index (χ4n) is 4.93. The van der Waals surface area contributed by atoms with Crippen molar-refractivity contribution in [3.8, 4) is 5.75 Å². The molecule has 0 aliphatic carbocycles. The van der Waals surface area contributed by atoms with Crippen LogP contribution in [0.5, 0.6) is 5.75 Å². The fourth-order valence-corrected chi connectivity index (χ4v) is 4.93. The number of amides is 1. The summed E-state index contributed by atoms with van der Waals surface area (Å²) in [6.45, 7) is 12.4. The number of carboxylic acid groups (broad SMARTS) is 1. The average Bonchev–Trinajstić information content (AvgIpc) is 3.35. The number of methoxy groups -OCH3 is 1. The van der Waals surface area contributed by atoms with E-state index in [1.807, 2.05) is 12.1 Å². The van der Waals surface area contributed by atoms with Crippen molar-refractivity contribution in [2.45, 2.75) is 46.2 Å². The molecule has 1 aromatic heterocycles. The van der Waals surface area contributed by atoms with Gasteiger partial charge in [-0.15, -0.1) is 0 Å². The van der Waals surface area contributed by atoms with E-state index in [4.69, 9.17) is 14.7 Å². The van der Waals surface area contributed by atoms with Crippen molar-refractivity contribution in [1.29, 1.82) is 0 Å². The van der Waals surface area contributed by atoms with Crippen LogP contribution in [0.15, 0.2) is 42.5 Å². The normalized spacial score (nSPS) is 15.4. The van der Waals surface area contributed by atoms with Crippen LogP contribution in [0.2, 0.25) is 0 Å². The predicted molar refractivity (Wildman–Crippen MR) is 150 cm³/mol. The van der Waals surface area contributed by atoms with Gasteiger partial charge in [-0.2, -0.15) is 4.98 Å². The van der Waals surface area contributed by atoms with Crippen molar-refractivity contribution in [2.75, 3.05) is 48.4 Å². The predicted octanol–water partition coefficient (Wildman–Crippen LogP) is 5.15. The summed E-state index contributed by atoms with van der Waals surface area (Å²) in [5, 5.41) is 13.2. The molecule has 2 aliphatic heterocycles. The van der Waals surface area contributed by atoms with E-state index >= 15 is 0 Å². The van der Waals surface area contributed by atoms with Crippen molar-refractivity contribution in [3.05, 3.63) is 64.8 Å². The molecule has 2 aliphatic rings. The lowest BCUT2D eigenvalue weighted by molar-refractivity contribution is 0.145. The minimum absolute atomic E-state index is 0.00652. The van der Waals surface area contributed by atoms with E-state index in [-0.39, 0.29) is 18.5 Å². The van der Waals surface area contributed by atoms with E-state index in [2.05, 4.69) is 73.1 Å². The van der Waals surface area contributed by atoms with Gasteiger partial charge >= 0.3 is 6.09 Å². The van der Waals surface area contributed by atoms with Gasteiger partial charge in [-0.25, -0.2) is 9.78 Å². The van der Waals surface area contributed by atoms with E-state index in [0.29, 0.717) is 11.8 Å². The summed E-state index contributed by atoms with van der Waals surface area (Å²) in [7, 11) is 1.67. The Balaban J connectivity index is 1.41. The molecule has 9 nitrogen and oxygen atoms in total. The first kappa shape index (κ1) is 25.6. The summed E-state index contributed by atoms with van der Waals surface area (Å²) in [5.74, 6) is 2.16. The van der Waals surface area contributed by atoms with Crippen LogP contribution in [-0.2, 0) is 18.5 Å². The third-order valence-corrected chi connectivity index (χ3v) is 7.40. The Morgan fingerprint density at radius 2 is 1.66 bits per heavy atom. The highest BCUT2D eigenvalue weighted by atomic mass is 16.5. The molecule has 200 valence electrons. The number of hydrogen-bond donors (Lipinski definition) is 2. The molecule has 0 spiro atoms. The second kappa shape index (κ2) is 10.0. The van der Waals surface area contributed by atoms with Crippen LogP contribution in [0.1, 0.15) is 43.2 Å². The van der Waals surface area contributed by atoms with Gasteiger partial charge in [-0.1, -0.05) is 32.9 Å². The standard InChI is InChI=1S/C29H36N6O3/c1-19-6-7-20(29(2,3)4)16-24(19)30-26-23-17-35(28(36)37)18-25(23)31-27(32-26)34-14-12-33(13-15-34)21-8-10-22(38-5)11-9-21/h6-11,16H,12-15,17-18H2,1-5H3,(H,36,37)(H,30,31,32). The third kappa shape index (κ3) is 5.18. The molecule has 0 radical (unpaired) electrons. The van der Waals surface area contributed by atoms with E-state index < -0.39 is 6.09 Å². The number of rotatable bonds is 5. The Morgan fingerprint density at radius 1 is 0.974 bits per heavy atom. The average molecular weight is 517 g/mol. The quantitative estimate of drug-likeness (QED) is 0.481. The molecule has 9 heteroatoms. The molecule has 3 heterocycles. The minimum Gasteiger partial charge on any atom is -0.497 e. The van der Waals surface area contributed by atoms with E-state index in [9.17, 15) is 9.90 Å². The summed E-state index contributed by atoms with van der Waals surface area (Å²) in [5.41, 5.74) is 6.07. The first-order valence-electron chi connectivity index (χ1n) is 13.0. The van der Waals surface area contributed by atoms with Gasteiger partial charge < -0.3 is 25.0 Å². The van der Waals surface area contributed by atoms with Crippen LogP contribution in [-0.4, -0.2) is 59.4 Å². The van der Waals surface area contributed by atoms with Gasteiger partial charge in [0.15, 0.2) is 0 Å². The highest BCUT2D eigenvalue weighted by Crippen LogP contribution is 2.34. The third-order valence-electron chi connectivity index (χ3n) is 7.40. The Labute approximate surface area is 224 Å². The van der Waals surface area contributed by atoms with Crippen LogP contribution in [0.4, 0.5) is 27.9 Å². The van der Waals surface area contributed by atoms with Gasteiger partial charge in [0.1, 0.15) is 11.6 Å². The molecule has 2 aromatic carbocycles. The first-order chi connectivity index (χ1) is 18.1. The number of piperazine rings is 1. The summed E-state index contributed by atoms with van der Waals surface area (Å²) in [4.78, 5) is 27.5. The fraction of sp³-hybridized carbons (Fsp3) is 0.414. The van der Waals surface area contributed by atoms with Crippen LogP contribution < -0.4 is 19.9 Å². The molecule has 1 amide bonds. The lowest BCUT2D eigenvalue weighted by atomic mass is 9.86. The van der Waals surface area contributed by atoms with Gasteiger partial charge in [-0.3, -0.25) is 4.90 Å². The van der Waals surface area contributed by atoms with Gasteiger partial charge in [0, 0.05) is 43.1 Å². The molecule has 38 heavy (non-hydrogen) atoms. The van der Waals surface area contributed by atoms with Crippen LogP contribution in [0, 0.1) is 6.92 Å².